The van der Waals surface area contributed by atoms with Crippen LogP contribution >= 0.6 is 12.2 Å². The Morgan fingerprint density at radius 1 is 0.906 bits per heavy atom. The summed E-state index contributed by atoms with van der Waals surface area (Å²) in [6.07, 6.45) is 0. The fourth-order valence-corrected chi connectivity index (χ4v) is 2.99. The molecule has 0 aliphatic carbocycles. The van der Waals surface area contributed by atoms with Crippen LogP contribution in [0.5, 0.6) is 23.0 Å². The number of aromatic carboxylic acids is 1. The Bertz CT molecular complexity index is 967. The first kappa shape index (κ1) is 24.7. The van der Waals surface area contributed by atoms with Crippen molar-refractivity contribution in [2.24, 2.45) is 0 Å². The first-order valence-electron chi connectivity index (χ1n) is 9.94. The smallest absolute Gasteiger partial charge is 0.335 e. The van der Waals surface area contributed by atoms with Crippen molar-refractivity contribution < 1.29 is 33.6 Å². The van der Waals surface area contributed by atoms with E-state index in [9.17, 15) is 14.7 Å². The van der Waals surface area contributed by atoms with Crippen molar-refractivity contribution in [2.75, 3.05) is 32.2 Å². The molecule has 9 nitrogen and oxygen atoms in total. The van der Waals surface area contributed by atoms with Gasteiger partial charge in [0, 0.05) is 5.56 Å². The monoisotopic (exact) mass is 462 g/mol. The Hall–Kier alpha value is -3.53. The molecule has 3 N–H and O–H groups in total. The summed E-state index contributed by atoms with van der Waals surface area (Å²) >= 11 is 5.23. The molecule has 32 heavy (non-hydrogen) atoms. The zero-order valence-electron chi connectivity index (χ0n) is 18.3. The van der Waals surface area contributed by atoms with Crippen LogP contribution in [0.15, 0.2) is 30.3 Å². The Labute approximate surface area is 191 Å². The highest BCUT2D eigenvalue weighted by molar-refractivity contribution is 7.80. The molecular weight excluding hydrogens is 436 g/mol. The maximum Gasteiger partial charge on any atom is 0.335 e. The summed E-state index contributed by atoms with van der Waals surface area (Å²) in [5.74, 6) is -0.0818. The van der Waals surface area contributed by atoms with Crippen LogP contribution in [0.2, 0.25) is 0 Å². The van der Waals surface area contributed by atoms with Gasteiger partial charge in [-0.15, -0.1) is 0 Å². The van der Waals surface area contributed by atoms with Crippen molar-refractivity contribution in [1.29, 1.82) is 0 Å². The summed E-state index contributed by atoms with van der Waals surface area (Å²) in [6, 6.07) is 7.34. The largest absolute Gasteiger partial charge is 0.495 e. The third kappa shape index (κ3) is 6.24. The van der Waals surface area contributed by atoms with E-state index in [0.717, 1.165) is 0 Å². The molecule has 0 unspecified atom stereocenters. The van der Waals surface area contributed by atoms with Crippen molar-refractivity contribution in [2.45, 2.75) is 20.8 Å². The minimum absolute atomic E-state index is 0.0386. The summed E-state index contributed by atoms with van der Waals surface area (Å²) in [6.45, 7) is 6.62. The van der Waals surface area contributed by atoms with E-state index in [1.165, 1.54) is 25.3 Å². The van der Waals surface area contributed by atoms with Gasteiger partial charge >= 0.3 is 5.97 Å². The van der Waals surface area contributed by atoms with Crippen molar-refractivity contribution in [3.63, 3.8) is 0 Å². The van der Waals surface area contributed by atoms with E-state index in [4.69, 9.17) is 31.2 Å². The first-order valence-corrected chi connectivity index (χ1v) is 10.3. The minimum atomic E-state index is -1.10. The first-order chi connectivity index (χ1) is 15.3. The third-order valence-corrected chi connectivity index (χ3v) is 4.30. The van der Waals surface area contributed by atoms with Gasteiger partial charge in [0.2, 0.25) is 5.75 Å². The van der Waals surface area contributed by atoms with Gasteiger partial charge in [-0.1, -0.05) is 0 Å². The second-order valence-electron chi connectivity index (χ2n) is 6.23. The van der Waals surface area contributed by atoms with E-state index < -0.39 is 11.9 Å². The van der Waals surface area contributed by atoms with Crippen LogP contribution in [0.4, 0.5) is 5.69 Å². The molecule has 0 atom stereocenters. The number of thiocarbonyl (C=S) groups is 1. The van der Waals surface area contributed by atoms with Gasteiger partial charge in [0.05, 0.1) is 38.2 Å². The number of rotatable bonds is 10. The second kappa shape index (κ2) is 11.8. The molecule has 0 heterocycles. The number of carboxylic acids is 1. The number of amides is 1. The predicted molar refractivity (Wildman–Crippen MR) is 124 cm³/mol. The van der Waals surface area contributed by atoms with E-state index in [1.807, 2.05) is 20.8 Å². The SMILES string of the molecule is CCOc1cc(C(=O)NC(=S)Nc2cc(C(=O)O)ccc2OC)cc(OCC)c1OCC. The van der Waals surface area contributed by atoms with Gasteiger partial charge in [-0.2, -0.15) is 0 Å². The Morgan fingerprint density at radius 3 is 2.00 bits per heavy atom. The fourth-order valence-electron chi connectivity index (χ4n) is 2.79. The van der Waals surface area contributed by atoms with Gasteiger partial charge in [-0.05, 0) is 63.3 Å². The number of benzene rings is 2. The van der Waals surface area contributed by atoms with Crippen LogP contribution in [0.25, 0.3) is 0 Å². The standard InChI is InChI=1S/C22H26N2O7S/c1-5-29-17-11-14(12-18(30-6-2)19(17)31-7-3)20(25)24-22(32)23-15-10-13(21(26)27)8-9-16(15)28-4/h8-12H,5-7H2,1-4H3,(H,26,27)(H2,23,24,25,32). The molecule has 0 aliphatic rings. The molecule has 0 saturated heterocycles. The van der Waals surface area contributed by atoms with Crippen molar-refractivity contribution in [1.82, 2.24) is 5.32 Å². The van der Waals surface area contributed by atoms with E-state index in [2.05, 4.69) is 10.6 Å². The lowest BCUT2D eigenvalue weighted by Gasteiger charge is -2.17. The number of ether oxygens (including phenoxy) is 4. The van der Waals surface area contributed by atoms with Crippen molar-refractivity contribution in [3.05, 3.63) is 41.5 Å². The summed E-state index contributed by atoms with van der Waals surface area (Å²) in [7, 11) is 1.44. The molecular formula is C22H26N2O7S. The predicted octanol–water partition coefficient (Wildman–Crippen LogP) is 3.72. The molecule has 0 spiro atoms. The van der Waals surface area contributed by atoms with Crippen LogP contribution in [-0.2, 0) is 0 Å². The number of carbonyl (C=O) groups is 2. The topological polar surface area (TPSA) is 115 Å². The number of hydrogen-bond donors (Lipinski definition) is 3. The molecule has 10 heteroatoms. The highest BCUT2D eigenvalue weighted by Crippen LogP contribution is 2.39. The molecule has 0 saturated carbocycles. The maximum absolute atomic E-state index is 12.8. The van der Waals surface area contributed by atoms with Crippen molar-refractivity contribution >= 4 is 34.9 Å². The molecule has 0 aromatic heterocycles. The quantitative estimate of drug-likeness (QED) is 0.454. The van der Waals surface area contributed by atoms with Crippen LogP contribution in [0.3, 0.4) is 0 Å². The molecule has 0 fully saturated rings. The number of hydrogen-bond acceptors (Lipinski definition) is 7. The van der Waals surface area contributed by atoms with E-state index in [0.29, 0.717) is 48.5 Å². The fraction of sp³-hybridized carbons (Fsp3) is 0.318. The van der Waals surface area contributed by atoms with Gasteiger partial charge in [-0.3, -0.25) is 10.1 Å². The average Bonchev–Trinajstić information content (AvgIpc) is 2.75. The Balaban J connectivity index is 2.27. The van der Waals surface area contributed by atoms with Crippen LogP contribution in [0, 0.1) is 0 Å². The Kier molecular flexibility index (Phi) is 9.08. The summed E-state index contributed by atoms with van der Waals surface area (Å²) < 4.78 is 22.1. The number of nitrogens with one attached hydrogen (secondary N) is 2. The molecule has 0 aliphatic heterocycles. The average molecular weight is 463 g/mol. The molecule has 2 aromatic rings. The lowest BCUT2D eigenvalue weighted by atomic mass is 10.1. The van der Waals surface area contributed by atoms with Crippen LogP contribution < -0.4 is 29.6 Å². The third-order valence-electron chi connectivity index (χ3n) is 4.09. The van der Waals surface area contributed by atoms with Gasteiger partial charge in [0.15, 0.2) is 16.6 Å². The van der Waals surface area contributed by atoms with E-state index >= 15 is 0 Å². The number of carboxylic acid groups (broad SMARTS) is 1. The summed E-state index contributed by atoms with van der Waals surface area (Å²) in [4.78, 5) is 24.1. The summed E-state index contributed by atoms with van der Waals surface area (Å²) in [5.41, 5.74) is 0.585. The highest BCUT2D eigenvalue weighted by Gasteiger charge is 2.19. The zero-order valence-corrected chi connectivity index (χ0v) is 19.1. The Morgan fingerprint density at radius 2 is 1.50 bits per heavy atom. The van der Waals surface area contributed by atoms with Gasteiger partial charge in [0.1, 0.15) is 5.75 Å². The van der Waals surface area contributed by atoms with E-state index in [-0.39, 0.29) is 16.2 Å². The molecule has 0 bridgehead atoms. The molecule has 1 amide bonds. The number of carbonyl (C=O) groups excluding carboxylic acids is 1. The van der Waals surface area contributed by atoms with Gasteiger partial charge < -0.3 is 29.4 Å². The second-order valence-corrected chi connectivity index (χ2v) is 6.64. The summed E-state index contributed by atoms with van der Waals surface area (Å²) in [5, 5.41) is 14.5. The van der Waals surface area contributed by atoms with Gasteiger partial charge in [-0.25, -0.2) is 4.79 Å². The molecule has 0 radical (unpaired) electrons. The zero-order chi connectivity index (χ0) is 23.7. The lowest BCUT2D eigenvalue weighted by molar-refractivity contribution is 0.0696. The van der Waals surface area contributed by atoms with Crippen LogP contribution in [0.1, 0.15) is 41.5 Å². The van der Waals surface area contributed by atoms with Crippen molar-refractivity contribution in [3.8, 4) is 23.0 Å². The maximum atomic E-state index is 12.8. The van der Waals surface area contributed by atoms with Gasteiger partial charge in [0.25, 0.3) is 5.91 Å². The molecule has 2 rings (SSSR count). The minimum Gasteiger partial charge on any atom is -0.495 e. The normalized spacial score (nSPS) is 10.1. The van der Waals surface area contributed by atoms with E-state index in [1.54, 1.807) is 12.1 Å². The lowest BCUT2D eigenvalue weighted by Crippen LogP contribution is -2.34. The number of methoxy groups -OCH3 is 1. The molecule has 2 aromatic carbocycles. The van der Waals surface area contributed by atoms with Crippen LogP contribution in [-0.4, -0.2) is 49.0 Å². The molecule has 172 valence electrons. The number of anilines is 1. The highest BCUT2D eigenvalue weighted by atomic mass is 32.1.